The minimum absolute atomic E-state index is 0.0445. The summed E-state index contributed by atoms with van der Waals surface area (Å²) in [6.07, 6.45) is 1.36. The first-order valence-corrected chi connectivity index (χ1v) is 12.3. The van der Waals surface area contributed by atoms with E-state index in [1.165, 1.54) is 18.3 Å². The van der Waals surface area contributed by atoms with Gasteiger partial charge in [0.15, 0.2) is 15.5 Å². The lowest BCUT2D eigenvalue weighted by Gasteiger charge is -2.14. The number of anilines is 1. The number of halogens is 1. The molecule has 0 aliphatic heterocycles. The SMILES string of the molecule is CCOC(=O)c1cnc2c(c(-c3ccccc3)nn2CC)c1NCS(=O)(=O)c1ccc(F)cc1. The van der Waals surface area contributed by atoms with Crippen molar-refractivity contribution in [3.63, 3.8) is 0 Å². The predicted octanol–water partition coefficient (Wildman–Crippen LogP) is 4.28. The molecule has 2 aromatic carbocycles. The van der Waals surface area contributed by atoms with Crippen molar-refractivity contribution in [1.82, 2.24) is 14.8 Å². The molecule has 8 nitrogen and oxygen atoms in total. The monoisotopic (exact) mass is 482 g/mol. The van der Waals surface area contributed by atoms with E-state index in [0.29, 0.717) is 23.3 Å². The van der Waals surface area contributed by atoms with Crippen LogP contribution in [0.15, 0.2) is 65.7 Å². The van der Waals surface area contributed by atoms with E-state index in [2.05, 4.69) is 15.4 Å². The number of esters is 1. The largest absolute Gasteiger partial charge is 0.462 e. The zero-order chi connectivity index (χ0) is 24.3. The lowest BCUT2D eigenvalue weighted by molar-refractivity contribution is 0.0527. The predicted molar refractivity (Wildman–Crippen MR) is 127 cm³/mol. The molecule has 0 aliphatic carbocycles. The fourth-order valence-electron chi connectivity index (χ4n) is 3.60. The van der Waals surface area contributed by atoms with Gasteiger partial charge in [0, 0.05) is 18.3 Å². The molecule has 2 heterocycles. The highest BCUT2D eigenvalue weighted by Crippen LogP contribution is 2.35. The van der Waals surface area contributed by atoms with Crippen LogP contribution in [0.2, 0.25) is 0 Å². The Labute approximate surface area is 196 Å². The third kappa shape index (κ3) is 4.49. The first kappa shape index (κ1) is 23.4. The Morgan fingerprint density at radius 1 is 1.09 bits per heavy atom. The number of benzene rings is 2. The van der Waals surface area contributed by atoms with Gasteiger partial charge in [-0.15, -0.1) is 0 Å². The van der Waals surface area contributed by atoms with Crippen LogP contribution < -0.4 is 5.32 Å². The number of nitrogens with zero attached hydrogens (tertiary/aromatic N) is 3. The number of aromatic nitrogens is 3. The molecule has 0 unspecified atom stereocenters. The van der Waals surface area contributed by atoms with Gasteiger partial charge in [-0.05, 0) is 38.1 Å². The third-order valence-corrected chi connectivity index (χ3v) is 6.73. The second-order valence-corrected chi connectivity index (χ2v) is 9.38. The van der Waals surface area contributed by atoms with E-state index in [-0.39, 0.29) is 22.8 Å². The summed E-state index contributed by atoms with van der Waals surface area (Å²) in [5, 5.41) is 8.10. The van der Waals surface area contributed by atoms with Gasteiger partial charge in [0.05, 0.1) is 22.6 Å². The van der Waals surface area contributed by atoms with E-state index in [1.807, 2.05) is 37.3 Å². The maximum atomic E-state index is 13.3. The molecule has 4 rings (SSSR count). The lowest BCUT2D eigenvalue weighted by Crippen LogP contribution is -2.18. The summed E-state index contributed by atoms with van der Waals surface area (Å²) in [7, 11) is -3.85. The average molecular weight is 483 g/mol. The van der Waals surface area contributed by atoms with Crippen LogP contribution in [-0.4, -0.2) is 41.6 Å². The van der Waals surface area contributed by atoms with E-state index in [9.17, 15) is 17.6 Å². The van der Waals surface area contributed by atoms with Crippen molar-refractivity contribution in [2.45, 2.75) is 25.3 Å². The Kier molecular flexibility index (Phi) is 6.60. The molecule has 0 bridgehead atoms. The topological polar surface area (TPSA) is 103 Å². The highest BCUT2D eigenvalue weighted by Gasteiger charge is 2.25. The number of sulfone groups is 1. The van der Waals surface area contributed by atoms with Crippen LogP contribution in [0.5, 0.6) is 0 Å². The zero-order valence-electron chi connectivity index (χ0n) is 18.7. The van der Waals surface area contributed by atoms with E-state index in [1.54, 1.807) is 11.6 Å². The van der Waals surface area contributed by atoms with Gasteiger partial charge in [0.1, 0.15) is 23.0 Å². The molecular weight excluding hydrogens is 459 g/mol. The van der Waals surface area contributed by atoms with Crippen molar-refractivity contribution in [1.29, 1.82) is 0 Å². The number of aryl methyl sites for hydroxylation is 1. The van der Waals surface area contributed by atoms with Gasteiger partial charge in [-0.25, -0.2) is 27.3 Å². The number of hydrogen-bond acceptors (Lipinski definition) is 7. The van der Waals surface area contributed by atoms with E-state index in [4.69, 9.17) is 4.74 Å². The molecule has 0 spiro atoms. The molecule has 0 saturated carbocycles. The molecule has 0 amide bonds. The number of hydrogen-bond donors (Lipinski definition) is 1. The minimum atomic E-state index is -3.85. The molecular formula is C24H23FN4O4S. The normalized spacial score (nSPS) is 11.5. The lowest BCUT2D eigenvalue weighted by atomic mass is 10.1. The molecule has 10 heteroatoms. The van der Waals surface area contributed by atoms with Crippen LogP contribution in [0.25, 0.3) is 22.3 Å². The van der Waals surface area contributed by atoms with Crippen LogP contribution in [-0.2, 0) is 21.1 Å². The van der Waals surface area contributed by atoms with Crippen LogP contribution >= 0.6 is 0 Å². The summed E-state index contributed by atoms with van der Waals surface area (Å²) in [4.78, 5) is 17.1. The van der Waals surface area contributed by atoms with Gasteiger partial charge in [0.2, 0.25) is 0 Å². The van der Waals surface area contributed by atoms with Crippen molar-refractivity contribution in [3.8, 4) is 11.3 Å². The quantitative estimate of drug-likeness (QED) is 0.295. The van der Waals surface area contributed by atoms with Gasteiger partial charge in [-0.2, -0.15) is 5.10 Å². The fraction of sp³-hybridized carbons (Fsp3) is 0.208. The van der Waals surface area contributed by atoms with Crippen molar-refractivity contribution < 1.29 is 22.3 Å². The number of ether oxygens (including phenoxy) is 1. The summed E-state index contributed by atoms with van der Waals surface area (Å²) in [5.41, 5.74) is 2.19. The summed E-state index contributed by atoms with van der Waals surface area (Å²) >= 11 is 0. The standard InChI is InChI=1S/C24H23FN4O4S/c1-3-29-23-20(21(28-29)16-8-6-5-7-9-16)22(19(14-26-23)24(30)33-4-2)27-15-34(31,32)18-12-10-17(25)11-13-18/h5-14H,3-4,15H2,1-2H3,(H,26,27). The van der Waals surface area contributed by atoms with Crippen molar-refractivity contribution in [3.05, 3.63) is 72.2 Å². The van der Waals surface area contributed by atoms with Gasteiger partial charge in [-0.3, -0.25) is 0 Å². The van der Waals surface area contributed by atoms with E-state index >= 15 is 0 Å². The molecule has 2 aromatic heterocycles. The number of nitrogens with one attached hydrogen (secondary N) is 1. The molecule has 0 aliphatic rings. The molecule has 0 fully saturated rings. The molecule has 0 saturated heterocycles. The highest BCUT2D eigenvalue weighted by atomic mass is 32.2. The number of pyridine rings is 1. The molecule has 1 N–H and O–H groups in total. The molecule has 34 heavy (non-hydrogen) atoms. The van der Waals surface area contributed by atoms with Crippen molar-refractivity contribution >= 4 is 32.5 Å². The third-order valence-electron chi connectivity index (χ3n) is 5.21. The summed E-state index contributed by atoms with van der Waals surface area (Å²) in [6.45, 7) is 4.25. The molecule has 0 radical (unpaired) electrons. The number of carbonyl (C=O) groups is 1. The molecule has 0 atom stereocenters. The first-order chi connectivity index (χ1) is 16.4. The van der Waals surface area contributed by atoms with Gasteiger partial charge in [-0.1, -0.05) is 30.3 Å². The molecule has 4 aromatic rings. The van der Waals surface area contributed by atoms with Gasteiger partial charge < -0.3 is 10.1 Å². The Balaban J connectivity index is 1.88. The Morgan fingerprint density at radius 3 is 2.44 bits per heavy atom. The minimum Gasteiger partial charge on any atom is -0.462 e. The van der Waals surface area contributed by atoms with Crippen LogP contribution in [0.3, 0.4) is 0 Å². The Hall–Kier alpha value is -3.79. The second-order valence-electron chi connectivity index (χ2n) is 7.39. The molecule has 176 valence electrons. The van der Waals surface area contributed by atoms with Crippen LogP contribution in [0, 0.1) is 5.82 Å². The van der Waals surface area contributed by atoms with Crippen LogP contribution in [0.1, 0.15) is 24.2 Å². The summed E-state index contributed by atoms with van der Waals surface area (Å²) in [6, 6.07) is 13.9. The van der Waals surface area contributed by atoms with Crippen molar-refractivity contribution in [2.75, 3.05) is 17.8 Å². The first-order valence-electron chi connectivity index (χ1n) is 10.7. The van der Waals surface area contributed by atoms with Gasteiger partial charge in [0.25, 0.3) is 0 Å². The average Bonchev–Trinajstić information content (AvgIpc) is 3.22. The van der Waals surface area contributed by atoms with E-state index in [0.717, 1.165) is 17.7 Å². The number of carbonyl (C=O) groups excluding carboxylic acids is 1. The number of fused-ring (bicyclic) bond motifs is 1. The van der Waals surface area contributed by atoms with Crippen LogP contribution in [0.4, 0.5) is 10.1 Å². The Morgan fingerprint density at radius 2 is 1.79 bits per heavy atom. The highest BCUT2D eigenvalue weighted by molar-refractivity contribution is 7.91. The van der Waals surface area contributed by atoms with Gasteiger partial charge >= 0.3 is 5.97 Å². The fourth-order valence-corrected chi connectivity index (χ4v) is 4.65. The smallest absolute Gasteiger partial charge is 0.341 e. The maximum Gasteiger partial charge on any atom is 0.341 e. The summed E-state index contributed by atoms with van der Waals surface area (Å²) in [5.74, 6) is -1.70. The zero-order valence-corrected chi connectivity index (χ0v) is 19.5. The second kappa shape index (κ2) is 9.60. The Bertz CT molecular complexity index is 1440. The van der Waals surface area contributed by atoms with Crippen molar-refractivity contribution in [2.24, 2.45) is 0 Å². The number of rotatable bonds is 8. The maximum absolute atomic E-state index is 13.3. The summed E-state index contributed by atoms with van der Waals surface area (Å²) < 4.78 is 46.0. The van der Waals surface area contributed by atoms with E-state index < -0.39 is 27.5 Å².